The van der Waals surface area contributed by atoms with Gasteiger partial charge in [0.2, 0.25) is 0 Å². The van der Waals surface area contributed by atoms with E-state index < -0.39 is 0 Å². The zero-order valence-corrected chi connectivity index (χ0v) is 14.2. The molecule has 0 saturated carbocycles. The van der Waals surface area contributed by atoms with Gasteiger partial charge in [0, 0.05) is 28.6 Å². The standard InChI is InChI=1S/C15H26N2S2/c1-5-18-10-13-17-14-11(9-16-15(2,3)4)7-6-8-12(14)19-13/h11,16H,5-10H2,1-4H3. The molecule has 1 heterocycles. The van der Waals surface area contributed by atoms with Gasteiger partial charge in [-0.3, -0.25) is 0 Å². The number of fused-ring (bicyclic) bond motifs is 1. The smallest absolute Gasteiger partial charge is 0.103 e. The van der Waals surface area contributed by atoms with E-state index in [0.29, 0.717) is 5.92 Å². The van der Waals surface area contributed by atoms with E-state index in [0.717, 1.165) is 12.3 Å². The Morgan fingerprint density at radius 1 is 1.42 bits per heavy atom. The summed E-state index contributed by atoms with van der Waals surface area (Å²) in [6.07, 6.45) is 3.86. The van der Waals surface area contributed by atoms with Crippen molar-refractivity contribution in [3.05, 3.63) is 15.6 Å². The van der Waals surface area contributed by atoms with Crippen LogP contribution in [-0.4, -0.2) is 22.8 Å². The molecule has 19 heavy (non-hydrogen) atoms. The van der Waals surface area contributed by atoms with Crippen molar-refractivity contribution in [2.45, 2.75) is 64.2 Å². The van der Waals surface area contributed by atoms with Gasteiger partial charge >= 0.3 is 0 Å². The highest BCUT2D eigenvalue weighted by Gasteiger charge is 2.25. The summed E-state index contributed by atoms with van der Waals surface area (Å²) in [5.41, 5.74) is 1.61. The first-order valence-electron chi connectivity index (χ1n) is 7.31. The van der Waals surface area contributed by atoms with Crippen LogP contribution in [0.1, 0.15) is 62.0 Å². The molecule has 0 saturated heterocycles. The predicted molar refractivity (Wildman–Crippen MR) is 87.4 cm³/mol. The van der Waals surface area contributed by atoms with Crippen LogP contribution in [0.3, 0.4) is 0 Å². The Morgan fingerprint density at radius 2 is 2.21 bits per heavy atom. The topological polar surface area (TPSA) is 24.9 Å². The first kappa shape index (κ1) is 15.3. The van der Waals surface area contributed by atoms with Gasteiger partial charge in [-0.25, -0.2) is 4.98 Å². The molecule has 1 aromatic rings. The molecule has 0 spiro atoms. The molecule has 2 nitrogen and oxygen atoms in total. The van der Waals surface area contributed by atoms with E-state index >= 15 is 0 Å². The maximum atomic E-state index is 4.93. The third-order valence-electron chi connectivity index (χ3n) is 3.42. The van der Waals surface area contributed by atoms with Crippen LogP contribution in [0.15, 0.2) is 0 Å². The highest BCUT2D eigenvalue weighted by atomic mass is 32.2. The Labute approximate surface area is 125 Å². The quantitative estimate of drug-likeness (QED) is 0.881. The molecule has 2 rings (SSSR count). The van der Waals surface area contributed by atoms with Crippen molar-refractivity contribution >= 4 is 23.1 Å². The normalized spacial score (nSPS) is 19.5. The number of thioether (sulfide) groups is 1. The number of nitrogens with zero attached hydrogens (tertiary/aromatic N) is 1. The van der Waals surface area contributed by atoms with Crippen LogP contribution >= 0.6 is 23.1 Å². The number of rotatable bonds is 5. The molecule has 1 N–H and O–H groups in total. The molecular weight excluding hydrogens is 272 g/mol. The highest BCUT2D eigenvalue weighted by Crippen LogP contribution is 2.35. The minimum absolute atomic E-state index is 0.203. The molecular formula is C15H26N2S2. The average Bonchev–Trinajstić information content (AvgIpc) is 2.76. The van der Waals surface area contributed by atoms with Crippen LogP contribution in [0.5, 0.6) is 0 Å². The Morgan fingerprint density at radius 3 is 2.89 bits per heavy atom. The maximum Gasteiger partial charge on any atom is 0.103 e. The number of aryl methyl sites for hydroxylation is 1. The zero-order chi connectivity index (χ0) is 13.9. The molecule has 0 radical (unpaired) electrons. The van der Waals surface area contributed by atoms with Crippen LogP contribution < -0.4 is 5.32 Å². The van der Waals surface area contributed by atoms with Crippen LogP contribution in [0.2, 0.25) is 0 Å². The van der Waals surface area contributed by atoms with Crippen LogP contribution in [0.4, 0.5) is 0 Å². The first-order chi connectivity index (χ1) is 8.99. The second-order valence-corrected chi connectivity index (χ2v) is 8.72. The summed E-state index contributed by atoms with van der Waals surface area (Å²) in [4.78, 5) is 6.48. The summed E-state index contributed by atoms with van der Waals surface area (Å²) in [6.45, 7) is 10.00. The first-order valence-corrected chi connectivity index (χ1v) is 9.28. The number of hydrogen-bond acceptors (Lipinski definition) is 4. The second kappa shape index (κ2) is 6.59. The van der Waals surface area contributed by atoms with Crippen LogP contribution in [-0.2, 0) is 12.2 Å². The Hall–Kier alpha value is -0.0600. The van der Waals surface area contributed by atoms with E-state index in [1.807, 2.05) is 23.1 Å². The van der Waals surface area contributed by atoms with Gasteiger partial charge in [-0.15, -0.1) is 11.3 Å². The van der Waals surface area contributed by atoms with Crippen molar-refractivity contribution in [3.63, 3.8) is 0 Å². The molecule has 108 valence electrons. The van der Waals surface area contributed by atoms with E-state index in [9.17, 15) is 0 Å². The fraction of sp³-hybridized carbons (Fsp3) is 0.800. The lowest BCUT2D eigenvalue weighted by molar-refractivity contribution is 0.388. The minimum Gasteiger partial charge on any atom is -0.311 e. The van der Waals surface area contributed by atoms with Gasteiger partial charge in [0.15, 0.2) is 0 Å². The SMILES string of the molecule is CCSCc1nc2c(s1)CCCC2CNC(C)(C)C. The van der Waals surface area contributed by atoms with E-state index in [-0.39, 0.29) is 5.54 Å². The number of hydrogen-bond donors (Lipinski definition) is 1. The minimum atomic E-state index is 0.203. The van der Waals surface area contributed by atoms with Crippen molar-refractivity contribution in [2.75, 3.05) is 12.3 Å². The molecule has 1 atom stereocenters. The third kappa shape index (κ3) is 4.47. The summed E-state index contributed by atoms with van der Waals surface area (Å²) in [7, 11) is 0. The van der Waals surface area contributed by atoms with Crippen LogP contribution in [0, 0.1) is 0 Å². The van der Waals surface area contributed by atoms with Crippen molar-refractivity contribution in [2.24, 2.45) is 0 Å². The van der Waals surface area contributed by atoms with Gasteiger partial charge < -0.3 is 5.32 Å². The summed E-state index contributed by atoms with van der Waals surface area (Å²) < 4.78 is 0. The number of aromatic nitrogens is 1. The van der Waals surface area contributed by atoms with Gasteiger partial charge in [0.1, 0.15) is 5.01 Å². The molecule has 1 aliphatic rings. The lowest BCUT2D eigenvalue weighted by Gasteiger charge is -2.27. The van der Waals surface area contributed by atoms with E-state index in [2.05, 4.69) is 33.0 Å². The largest absolute Gasteiger partial charge is 0.311 e. The monoisotopic (exact) mass is 298 g/mol. The number of nitrogens with one attached hydrogen (secondary N) is 1. The molecule has 0 aromatic carbocycles. The van der Waals surface area contributed by atoms with Crippen molar-refractivity contribution in [1.82, 2.24) is 10.3 Å². The predicted octanol–water partition coefficient (Wildman–Crippen LogP) is 4.20. The van der Waals surface area contributed by atoms with Crippen molar-refractivity contribution in [3.8, 4) is 0 Å². The molecule has 1 unspecified atom stereocenters. The van der Waals surface area contributed by atoms with E-state index in [4.69, 9.17) is 4.98 Å². The van der Waals surface area contributed by atoms with Gasteiger partial charge in [0.25, 0.3) is 0 Å². The van der Waals surface area contributed by atoms with E-state index in [1.165, 1.54) is 35.7 Å². The van der Waals surface area contributed by atoms with Crippen molar-refractivity contribution < 1.29 is 0 Å². The average molecular weight is 299 g/mol. The molecule has 1 aliphatic carbocycles. The highest BCUT2D eigenvalue weighted by molar-refractivity contribution is 7.98. The maximum absolute atomic E-state index is 4.93. The number of thiazole rings is 1. The van der Waals surface area contributed by atoms with Gasteiger partial charge in [-0.2, -0.15) is 11.8 Å². The summed E-state index contributed by atoms with van der Waals surface area (Å²) in [6, 6.07) is 0. The van der Waals surface area contributed by atoms with Crippen molar-refractivity contribution in [1.29, 1.82) is 0 Å². The fourth-order valence-corrected chi connectivity index (χ4v) is 4.36. The van der Waals surface area contributed by atoms with Gasteiger partial charge in [-0.1, -0.05) is 6.92 Å². The molecule has 1 aromatic heterocycles. The zero-order valence-electron chi connectivity index (χ0n) is 12.6. The van der Waals surface area contributed by atoms with Gasteiger partial charge in [-0.05, 0) is 45.8 Å². The lowest BCUT2D eigenvalue weighted by Crippen LogP contribution is -2.39. The third-order valence-corrected chi connectivity index (χ3v) is 5.62. The molecule has 0 fully saturated rings. The Bertz CT molecular complexity index is 407. The van der Waals surface area contributed by atoms with Crippen LogP contribution in [0.25, 0.3) is 0 Å². The molecule has 0 aliphatic heterocycles. The lowest BCUT2D eigenvalue weighted by atomic mass is 9.90. The summed E-state index contributed by atoms with van der Waals surface area (Å²) >= 11 is 3.93. The Balaban J connectivity index is 2.03. The second-order valence-electron chi connectivity index (χ2n) is 6.27. The summed E-state index contributed by atoms with van der Waals surface area (Å²) in [5, 5.41) is 4.98. The molecule has 4 heteroatoms. The summed E-state index contributed by atoms with van der Waals surface area (Å²) in [5.74, 6) is 2.90. The Kier molecular flexibility index (Phi) is 5.32. The molecule has 0 amide bonds. The fourth-order valence-electron chi connectivity index (χ4n) is 2.44. The van der Waals surface area contributed by atoms with E-state index in [1.54, 1.807) is 4.88 Å². The van der Waals surface area contributed by atoms with Gasteiger partial charge in [0.05, 0.1) is 5.69 Å². The molecule has 0 bridgehead atoms.